The number of amides is 1. The molecule has 2 fully saturated rings. The highest BCUT2D eigenvalue weighted by Crippen LogP contribution is 2.34. The van der Waals surface area contributed by atoms with Gasteiger partial charge in [0.2, 0.25) is 5.91 Å². The van der Waals surface area contributed by atoms with Gasteiger partial charge < -0.3 is 10.2 Å². The fourth-order valence-corrected chi connectivity index (χ4v) is 5.27. The van der Waals surface area contributed by atoms with Crippen molar-refractivity contribution >= 4 is 33.0 Å². The summed E-state index contributed by atoms with van der Waals surface area (Å²) in [5.74, 6) is 0.0511. The average Bonchev–Trinajstić information content (AvgIpc) is 3.31. The highest BCUT2D eigenvalue weighted by atomic mass is 32.1. The first-order chi connectivity index (χ1) is 13.2. The lowest BCUT2D eigenvalue weighted by Crippen LogP contribution is -2.46. The van der Waals surface area contributed by atoms with Gasteiger partial charge in [-0.2, -0.15) is 0 Å². The molecular weight excluding hydrogens is 361 g/mol. The molecule has 0 unspecified atom stereocenters. The number of hydrogen-bond acceptors (Lipinski definition) is 4. The summed E-state index contributed by atoms with van der Waals surface area (Å²) in [6.45, 7) is 4.99. The minimum absolute atomic E-state index is 0.169. The molecule has 0 spiro atoms. The largest absolute Gasteiger partial charge is 0.368 e. The second-order valence-corrected chi connectivity index (χ2v) is 8.65. The van der Waals surface area contributed by atoms with Crippen molar-refractivity contribution in [3.8, 4) is 0 Å². The number of fused-ring (bicyclic) bond motifs is 1. The molecule has 1 amide bonds. The topological polar surface area (TPSA) is 35.6 Å². The third kappa shape index (κ3) is 4.61. The van der Waals surface area contributed by atoms with Gasteiger partial charge >= 0.3 is 0 Å². The maximum Gasteiger partial charge on any atom is 0.220 e. The van der Waals surface area contributed by atoms with E-state index < -0.39 is 0 Å². The maximum absolute atomic E-state index is 13.4. The number of halogens is 1. The quantitative estimate of drug-likeness (QED) is 0.811. The van der Waals surface area contributed by atoms with Gasteiger partial charge in [0.15, 0.2) is 0 Å². The number of rotatable bonds is 6. The van der Waals surface area contributed by atoms with E-state index in [1.54, 1.807) is 23.5 Å². The zero-order chi connectivity index (χ0) is 18.6. The molecule has 2 heterocycles. The molecule has 1 aliphatic heterocycles. The van der Waals surface area contributed by atoms with E-state index in [0.29, 0.717) is 12.5 Å². The first-order valence-corrected chi connectivity index (χ1v) is 11.0. The highest BCUT2D eigenvalue weighted by Gasteiger charge is 2.20. The summed E-state index contributed by atoms with van der Waals surface area (Å²) in [4.78, 5) is 16.9. The summed E-state index contributed by atoms with van der Waals surface area (Å²) in [5.41, 5.74) is 1.23. The Morgan fingerprint density at radius 1 is 1.19 bits per heavy atom. The lowest BCUT2D eigenvalue weighted by atomic mass is 10.2. The summed E-state index contributed by atoms with van der Waals surface area (Å²) in [6.07, 6.45) is 6.37. The fraction of sp³-hybridized carbons (Fsp3) is 0.571. The number of carbonyl (C=O) groups is 1. The van der Waals surface area contributed by atoms with E-state index in [2.05, 4.69) is 20.5 Å². The van der Waals surface area contributed by atoms with E-state index in [1.807, 2.05) is 6.07 Å². The first kappa shape index (κ1) is 18.7. The third-order valence-electron chi connectivity index (χ3n) is 5.83. The molecule has 2 aliphatic rings. The number of anilines is 1. The van der Waals surface area contributed by atoms with Gasteiger partial charge in [0.25, 0.3) is 0 Å². The van der Waals surface area contributed by atoms with Crippen LogP contribution in [0.15, 0.2) is 23.6 Å². The zero-order valence-electron chi connectivity index (χ0n) is 15.8. The Morgan fingerprint density at radius 2 is 1.96 bits per heavy atom. The van der Waals surface area contributed by atoms with Crippen LogP contribution in [0.2, 0.25) is 0 Å². The standard InChI is InChI=1S/C21H28FN3OS/c22-16-7-8-18-19(15-27-20(18)14-16)25-12-10-24(11-13-25)9-3-6-21(26)23-17-4-1-2-5-17/h7-8,14-15,17H,1-6,9-13H2,(H,23,26). The molecule has 0 radical (unpaired) electrons. The average molecular weight is 390 g/mol. The third-order valence-corrected chi connectivity index (χ3v) is 6.76. The second-order valence-electron chi connectivity index (χ2n) is 7.74. The van der Waals surface area contributed by atoms with Crippen molar-refractivity contribution in [2.24, 2.45) is 0 Å². The Bertz CT molecular complexity index is 779. The molecule has 1 aliphatic carbocycles. The molecule has 1 saturated heterocycles. The zero-order valence-corrected chi connectivity index (χ0v) is 16.6. The van der Waals surface area contributed by atoms with Gasteiger partial charge in [-0.3, -0.25) is 9.69 Å². The lowest BCUT2D eigenvalue weighted by Gasteiger charge is -2.35. The van der Waals surface area contributed by atoms with Crippen LogP contribution in [0.4, 0.5) is 10.1 Å². The van der Waals surface area contributed by atoms with E-state index in [1.165, 1.54) is 18.5 Å². The van der Waals surface area contributed by atoms with Gasteiger partial charge in [0, 0.05) is 54.1 Å². The minimum atomic E-state index is -0.169. The van der Waals surface area contributed by atoms with Crippen molar-refractivity contribution in [2.75, 3.05) is 37.6 Å². The van der Waals surface area contributed by atoms with Crippen molar-refractivity contribution in [3.63, 3.8) is 0 Å². The van der Waals surface area contributed by atoms with Gasteiger partial charge in [0.1, 0.15) is 5.82 Å². The van der Waals surface area contributed by atoms with Gasteiger partial charge in [0.05, 0.1) is 5.69 Å². The molecule has 146 valence electrons. The van der Waals surface area contributed by atoms with Gasteiger partial charge in [-0.25, -0.2) is 4.39 Å². The molecule has 27 heavy (non-hydrogen) atoms. The molecule has 1 aromatic carbocycles. The SMILES string of the molecule is O=C(CCCN1CCN(c2csc3cc(F)ccc23)CC1)NC1CCCC1. The number of benzene rings is 1. The normalized spacial score (nSPS) is 19.1. The van der Waals surface area contributed by atoms with Crippen molar-refractivity contribution in [3.05, 3.63) is 29.4 Å². The number of thiophene rings is 1. The lowest BCUT2D eigenvalue weighted by molar-refractivity contribution is -0.121. The highest BCUT2D eigenvalue weighted by molar-refractivity contribution is 7.17. The summed E-state index contributed by atoms with van der Waals surface area (Å²) < 4.78 is 14.4. The smallest absolute Gasteiger partial charge is 0.220 e. The van der Waals surface area contributed by atoms with Crippen LogP contribution >= 0.6 is 11.3 Å². The number of hydrogen-bond donors (Lipinski definition) is 1. The first-order valence-electron chi connectivity index (χ1n) is 10.1. The maximum atomic E-state index is 13.4. The molecular formula is C21H28FN3OS. The van der Waals surface area contributed by atoms with Crippen LogP contribution in [-0.4, -0.2) is 49.6 Å². The Hall–Kier alpha value is -1.66. The van der Waals surface area contributed by atoms with Crippen molar-refractivity contribution in [2.45, 2.75) is 44.6 Å². The molecule has 4 rings (SSSR count). The predicted molar refractivity (Wildman–Crippen MR) is 110 cm³/mol. The van der Waals surface area contributed by atoms with Crippen LogP contribution < -0.4 is 10.2 Å². The van der Waals surface area contributed by atoms with Crippen LogP contribution in [0.1, 0.15) is 38.5 Å². The van der Waals surface area contributed by atoms with E-state index in [0.717, 1.165) is 62.1 Å². The molecule has 1 saturated carbocycles. The molecule has 1 aromatic heterocycles. The van der Waals surface area contributed by atoms with Gasteiger partial charge in [-0.1, -0.05) is 12.8 Å². The molecule has 0 atom stereocenters. The Labute approximate surface area is 164 Å². The fourth-order valence-electron chi connectivity index (χ4n) is 4.28. The summed E-state index contributed by atoms with van der Waals surface area (Å²) in [6, 6.07) is 5.49. The molecule has 2 aromatic rings. The summed E-state index contributed by atoms with van der Waals surface area (Å²) in [7, 11) is 0. The summed E-state index contributed by atoms with van der Waals surface area (Å²) >= 11 is 1.61. The van der Waals surface area contributed by atoms with Gasteiger partial charge in [-0.05, 0) is 44.0 Å². The van der Waals surface area contributed by atoms with Crippen molar-refractivity contribution in [1.82, 2.24) is 10.2 Å². The van der Waals surface area contributed by atoms with Crippen LogP contribution in [0, 0.1) is 5.82 Å². The Morgan fingerprint density at radius 3 is 2.74 bits per heavy atom. The summed E-state index contributed by atoms with van der Waals surface area (Å²) in [5, 5.41) is 6.47. The predicted octanol–water partition coefficient (Wildman–Crippen LogP) is 4.00. The van der Waals surface area contributed by atoms with Crippen molar-refractivity contribution in [1.29, 1.82) is 0 Å². The molecule has 6 heteroatoms. The number of nitrogens with one attached hydrogen (secondary N) is 1. The second kappa shape index (κ2) is 8.57. The van der Waals surface area contributed by atoms with Crippen LogP contribution in [0.5, 0.6) is 0 Å². The van der Waals surface area contributed by atoms with Gasteiger partial charge in [-0.15, -0.1) is 11.3 Å². The Kier molecular flexibility index (Phi) is 5.93. The minimum Gasteiger partial charge on any atom is -0.368 e. The van der Waals surface area contributed by atoms with Crippen molar-refractivity contribution < 1.29 is 9.18 Å². The van der Waals surface area contributed by atoms with E-state index in [4.69, 9.17) is 0 Å². The molecule has 1 N–H and O–H groups in total. The number of carbonyl (C=O) groups excluding carboxylic acids is 1. The Balaban J connectivity index is 1.21. The van der Waals surface area contributed by atoms with E-state index in [9.17, 15) is 9.18 Å². The monoisotopic (exact) mass is 389 g/mol. The number of nitrogens with zero attached hydrogens (tertiary/aromatic N) is 2. The number of piperazine rings is 1. The van der Waals surface area contributed by atoms with Crippen LogP contribution in [0.3, 0.4) is 0 Å². The van der Waals surface area contributed by atoms with Crippen LogP contribution in [0.25, 0.3) is 10.1 Å². The van der Waals surface area contributed by atoms with E-state index >= 15 is 0 Å². The molecule has 0 bridgehead atoms. The van der Waals surface area contributed by atoms with Crippen LogP contribution in [-0.2, 0) is 4.79 Å². The van der Waals surface area contributed by atoms with E-state index in [-0.39, 0.29) is 11.7 Å². The molecule has 4 nitrogen and oxygen atoms in total.